The van der Waals surface area contributed by atoms with Crippen LogP contribution in [0.4, 0.5) is 0 Å². The van der Waals surface area contributed by atoms with Gasteiger partial charge in [0, 0.05) is 5.92 Å². The second-order valence-electron chi connectivity index (χ2n) is 3.85. The van der Waals surface area contributed by atoms with E-state index < -0.39 is 0 Å². The molecule has 0 spiro atoms. The standard InChI is InChI=1S/C8H9BrO2/c9-6-3-1-4-5(2-3)8(10)11-7(4)6/h3-7H,1-2H2/t3-,4-,5-,6-,7+/m1/s1. The number of carbonyl (C=O) groups is 1. The molecule has 1 aliphatic heterocycles. The number of hydrogen-bond donors (Lipinski definition) is 0. The Kier molecular flexibility index (Phi) is 1.07. The van der Waals surface area contributed by atoms with Gasteiger partial charge in [-0.3, -0.25) is 4.79 Å². The predicted molar refractivity (Wildman–Crippen MR) is 42.3 cm³/mol. The number of carbonyl (C=O) groups excluding carboxylic acids is 1. The number of ether oxygens (including phenoxy) is 1. The van der Waals surface area contributed by atoms with Crippen molar-refractivity contribution < 1.29 is 9.53 Å². The van der Waals surface area contributed by atoms with Gasteiger partial charge in [-0.15, -0.1) is 0 Å². The maximum atomic E-state index is 11.2. The molecule has 3 fully saturated rings. The maximum Gasteiger partial charge on any atom is 0.309 e. The number of rotatable bonds is 0. The van der Waals surface area contributed by atoms with Gasteiger partial charge in [0.2, 0.25) is 0 Å². The van der Waals surface area contributed by atoms with E-state index in [1.807, 2.05) is 0 Å². The van der Waals surface area contributed by atoms with Gasteiger partial charge in [-0.2, -0.15) is 0 Å². The SMILES string of the molecule is O=C1O[C@@H]2[C@H](Br)[C@@H]3C[C@@H]2[C@H]1C3. The lowest BCUT2D eigenvalue weighted by Crippen LogP contribution is -2.26. The van der Waals surface area contributed by atoms with E-state index in [-0.39, 0.29) is 18.0 Å². The van der Waals surface area contributed by atoms with Crippen molar-refractivity contribution in [2.45, 2.75) is 23.8 Å². The predicted octanol–water partition coefficient (Wildman–Crippen LogP) is 1.33. The van der Waals surface area contributed by atoms with E-state index in [1.54, 1.807) is 0 Å². The summed E-state index contributed by atoms with van der Waals surface area (Å²) < 4.78 is 5.27. The van der Waals surface area contributed by atoms with E-state index in [0.29, 0.717) is 16.7 Å². The molecule has 0 N–H and O–H groups in total. The summed E-state index contributed by atoms with van der Waals surface area (Å²) >= 11 is 3.60. The molecule has 0 amide bonds. The van der Waals surface area contributed by atoms with Crippen LogP contribution in [0.25, 0.3) is 0 Å². The van der Waals surface area contributed by atoms with Gasteiger partial charge in [0.05, 0.1) is 10.7 Å². The van der Waals surface area contributed by atoms with Crippen molar-refractivity contribution in [1.29, 1.82) is 0 Å². The van der Waals surface area contributed by atoms with Crippen LogP contribution in [0.2, 0.25) is 0 Å². The third-order valence-corrected chi connectivity index (χ3v) is 4.66. The second-order valence-corrected chi connectivity index (χ2v) is 4.91. The molecule has 0 aromatic carbocycles. The van der Waals surface area contributed by atoms with Crippen LogP contribution in [0.15, 0.2) is 0 Å². The second kappa shape index (κ2) is 1.82. The zero-order valence-corrected chi connectivity index (χ0v) is 7.58. The molecule has 1 saturated heterocycles. The zero-order valence-electron chi connectivity index (χ0n) is 6.00. The summed E-state index contributed by atoms with van der Waals surface area (Å²) in [5, 5.41) is 0. The van der Waals surface area contributed by atoms with Crippen molar-refractivity contribution in [2.24, 2.45) is 17.8 Å². The monoisotopic (exact) mass is 216 g/mol. The lowest BCUT2D eigenvalue weighted by molar-refractivity contribution is -0.143. The normalized spacial score (nSPS) is 58.6. The highest BCUT2D eigenvalue weighted by atomic mass is 79.9. The molecule has 3 rings (SSSR count). The first-order chi connectivity index (χ1) is 5.27. The highest BCUT2D eigenvalue weighted by molar-refractivity contribution is 9.09. The summed E-state index contributed by atoms with van der Waals surface area (Å²) in [6.07, 6.45) is 2.48. The van der Waals surface area contributed by atoms with Crippen molar-refractivity contribution in [3.8, 4) is 0 Å². The Hall–Kier alpha value is -0.0500. The van der Waals surface area contributed by atoms with E-state index >= 15 is 0 Å². The lowest BCUT2D eigenvalue weighted by atomic mass is 9.90. The molecule has 5 atom stereocenters. The molecule has 0 unspecified atom stereocenters. The Bertz CT molecular complexity index is 228. The van der Waals surface area contributed by atoms with E-state index in [9.17, 15) is 4.79 Å². The van der Waals surface area contributed by atoms with E-state index in [2.05, 4.69) is 15.9 Å². The van der Waals surface area contributed by atoms with Gasteiger partial charge >= 0.3 is 5.97 Å². The Balaban J connectivity index is 2.04. The summed E-state index contributed by atoms with van der Waals surface area (Å²) in [7, 11) is 0. The highest BCUT2D eigenvalue weighted by Crippen LogP contribution is 2.56. The van der Waals surface area contributed by atoms with Gasteiger partial charge in [-0.1, -0.05) is 15.9 Å². The topological polar surface area (TPSA) is 26.3 Å². The van der Waals surface area contributed by atoms with E-state index in [1.165, 1.54) is 6.42 Å². The Morgan fingerprint density at radius 2 is 2.27 bits per heavy atom. The molecule has 2 saturated carbocycles. The fourth-order valence-electron chi connectivity index (χ4n) is 2.88. The Labute approximate surface area is 73.4 Å². The molecule has 2 aliphatic carbocycles. The first-order valence-electron chi connectivity index (χ1n) is 4.12. The molecular weight excluding hydrogens is 208 g/mol. The fourth-order valence-corrected chi connectivity index (χ4v) is 3.82. The van der Waals surface area contributed by atoms with Crippen LogP contribution in [0.3, 0.4) is 0 Å². The molecule has 3 heteroatoms. The molecule has 2 nitrogen and oxygen atoms in total. The molecule has 0 aromatic heterocycles. The van der Waals surface area contributed by atoms with Gasteiger partial charge in [-0.05, 0) is 18.8 Å². The number of alkyl halides is 1. The third kappa shape index (κ3) is 0.616. The molecule has 0 aromatic rings. The average Bonchev–Trinajstić information content (AvgIpc) is 2.53. The van der Waals surface area contributed by atoms with Crippen LogP contribution in [-0.4, -0.2) is 16.9 Å². The minimum atomic E-state index is 0.0597. The number of hydrogen-bond acceptors (Lipinski definition) is 2. The Morgan fingerprint density at radius 3 is 2.91 bits per heavy atom. The van der Waals surface area contributed by atoms with Gasteiger partial charge in [0.15, 0.2) is 0 Å². The third-order valence-electron chi connectivity index (χ3n) is 3.39. The van der Waals surface area contributed by atoms with Gasteiger partial charge in [0.1, 0.15) is 6.10 Å². The largest absolute Gasteiger partial charge is 0.461 e. The summed E-state index contributed by atoms with van der Waals surface area (Å²) in [4.78, 5) is 11.6. The quantitative estimate of drug-likeness (QED) is 0.452. The summed E-state index contributed by atoms with van der Waals surface area (Å²) in [6, 6.07) is 0. The van der Waals surface area contributed by atoms with Crippen molar-refractivity contribution in [3.63, 3.8) is 0 Å². The van der Waals surface area contributed by atoms with Crippen LogP contribution in [-0.2, 0) is 9.53 Å². The van der Waals surface area contributed by atoms with Crippen molar-refractivity contribution >= 4 is 21.9 Å². The summed E-state index contributed by atoms with van der Waals surface area (Å²) in [5.74, 6) is 1.58. The molecule has 2 bridgehead atoms. The van der Waals surface area contributed by atoms with Crippen molar-refractivity contribution in [3.05, 3.63) is 0 Å². The first-order valence-corrected chi connectivity index (χ1v) is 5.03. The molecular formula is C8H9BrO2. The fraction of sp³-hybridized carbons (Fsp3) is 0.875. The van der Waals surface area contributed by atoms with Crippen LogP contribution < -0.4 is 0 Å². The molecule has 11 heavy (non-hydrogen) atoms. The smallest absolute Gasteiger partial charge is 0.309 e. The first kappa shape index (κ1) is 6.46. The number of esters is 1. The number of halogens is 1. The summed E-state index contributed by atoms with van der Waals surface area (Å²) in [6.45, 7) is 0. The van der Waals surface area contributed by atoms with Gasteiger partial charge < -0.3 is 4.74 Å². The Morgan fingerprint density at radius 1 is 1.45 bits per heavy atom. The lowest BCUT2D eigenvalue weighted by Gasteiger charge is -2.18. The maximum absolute atomic E-state index is 11.2. The van der Waals surface area contributed by atoms with Crippen LogP contribution >= 0.6 is 15.9 Å². The van der Waals surface area contributed by atoms with Crippen LogP contribution in [0, 0.1) is 17.8 Å². The molecule has 60 valence electrons. The minimum Gasteiger partial charge on any atom is -0.461 e. The van der Waals surface area contributed by atoms with Gasteiger partial charge in [-0.25, -0.2) is 0 Å². The van der Waals surface area contributed by atoms with Crippen molar-refractivity contribution in [1.82, 2.24) is 0 Å². The van der Waals surface area contributed by atoms with E-state index in [0.717, 1.165) is 6.42 Å². The molecule has 3 aliphatic rings. The summed E-state index contributed by atoms with van der Waals surface area (Å²) in [5.41, 5.74) is 0. The highest BCUT2D eigenvalue weighted by Gasteiger charge is 2.60. The average molecular weight is 217 g/mol. The molecule has 0 radical (unpaired) electrons. The zero-order chi connectivity index (χ0) is 7.59. The number of fused-ring (bicyclic) bond motifs is 1. The van der Waals surface area contributed by atoms with Crippen LogP contribution in [0.1, 0.15) is 12.8 Å². The van der Waals surface area contributed by atoms with Gasteiger partial charge in [0.25, 0.3) is 0 Å². The van der Waals surface area contributed by atoms with Crippen LogP contribution in [0.5, 0.6) is 0 Å². The van der Waals surface area contributed by atoms with Crippen molar-refractivity contribution in [2.75, 3.05) is 0 Å². The minimum absolute atomic E-state index is 0.0597. The molecule has 1 heterocycles. The van der Waals surface area contributed by atoms with E-state index in [4.69, 9.17) is 4.74 Å².